The number of amides is 2. The van der Waals surface area contributed by atoms with Crippen molar-refractivity contribution in [2.45, 2.75) is 20.0 Å². The lowest BCUT2D eigenvalue weighted by atomic mass is 10.1. The van der Waals surface area contributed by atoms with Gasteiger partial charge in [0.2, 0.25) is 0 Å². The summed E-state index contributed by atoms with van der Waals surface area (Å²) < 4.78 is 5.31. The van der Waals surface area contributed by atoms with Crippen LogP contribution in [-0.2, 0) is 4.74 Å². The first-order valence-corrected chi connectivity index (χ1v) is 8.69. The van der Waals surface area contributed by atoms with Gasteiger partial charge in [-0.15, -0.1) is 0 Å². The van der Waals surface area contributed by atoms with Gasteiger partial charge in [-0.1, -0.05) is 36.4 Å². The van der Waals surface area contributed by atoms with Crippen molar-refractivity contribution >= 4 is 22.1 Å². The van der Waals surface area contributed by atoms with Crippen LogP contribution in [0, 0.1) is 13.8 Å². The lowest BCUT2D eigenvalue weighted by Gasteiger charge is -2.21. The molecule has 2 aromatic rings. The Labute approximate surface area is 151 Å². The third-order valence-electron chi connectivity index (χ3n) is 3.78. The Morgan fingerprint density at radius 1 is 0.920 bits per heavy atom. The van der Waals surface area contributed by atoms with Crippen LogP contribution in [0.25, 0.3) is 0 Å². The molecule has 2 N–H and O–H groups in total. The fourth-order valence-electron chi connectivity index (χ4n) is 2.42. The van der Waals surface area contributed by atoms with Crippen LogP contribution in [0.3, 0.4) is 0 Å². The minimum atomic E-state index is -0.643. The van der Waals surface area contributed by atoms with Gasteiger partial charge in [-0.2, -0.15) is 0 Å². The van der Waals surface area contributed by atoms with Gasteiger partial charge in [-0.25, -0.2) is 0 Å². The predicted molar refractivity (Wildman–Crippen MR) is 97.7 cm³/mol. The molecule has 2 amide bonds. The summed E-state index contributed by atoms with van der Waals surface area (Å²) in [6, 6.07) is 14.6. The van der Waals surface area contributed by atoms with Crippen LogP contribution >= 0.6 is 0 Å². The second-order valence-electron chi connectivity index (χ2n) is 5.64. The topological polar surface area (TPSA) is 67.4 Å². The van der Waals surface area contributed by atoms with Gasteiger partial charge in [0.25, 0.3) is 11.8 Å². The molecule has 0 atom stereocenters. The normalized spacial score (nSPS) is 10.6. The zero-order chi connectivity index (χ0) is 18.2. The monoisotopic (exact) mass is 353 g/mol. The molecule has 0 saturated heterocycles. The molecule has 0 saturated carbocycles. The highest BCUT2D eigenvalue weighted by molar-refractivity contribution is 6.08. The molecule has 0 unspecified atom stereocenters. The van der Waals surface area contributed by atoms with E-state index in [0.717, 1.165) is 11.1 Å². The molecule has 0 spiro atoms. The van der Waals surface area contributed by atoms with Crippen LogP contribution in [0.4, 0.5) is 0 Å². The Balaban J connectivity index is 2.11. The maximum absolute atomic E-state index is 12.5. The van der Waals surface area contributed by atoms with Crippen molar-refractivity contribution in [3.05, 3.63) is 70.8 Å². The largest absolute Gasteiger partial charge is 0.382 e. The van der Waals surface area contributed by atoms with Crippen LogP contribution in [0.15, 0.2) is 48.5 Å². The molecule has 0 aliphatic heterocycles. The van der Waals surface area contributed by atoms with Crippen molar-refractivity contribution < 1.29 is 14.3 Å². The number of ether oxygens (including phenoxy) is 1. The average Bonchev–Trinajstić information content (AvgIpc) is 2.60. The molecule has 0 bridgehead atoms. The van der Waals surface area contributed by atoms with E-state index in [0.29, 0.717) is 17.4 Å². The van der Waals surface area contributed by atoms with Crippen molar-refractivity contribution in [3.8, 4) is 0 Å². The SMILES string of the molecule is Cc1ccccc1C(=O)NC(COC[Si])NC(=O)c1ccccc1C. The number of hydrogen-bond acceptors (Lipinski definition) is 3. The Morgan fingerprint density at radius 3 is 1.76 bits per heavy atom. The molecular formula is C19H21N2O3Si. The highest BCUT2D eigenvalue weighted by atomic mass is 28.1. The molecular weight excluding hydrogens is 332 g/mol. The first-order valence-electron chi connectivity index (χ1n) is 7.98. The summed E-state index contributed by atoms with van der Waals surface area (Å²) in [5.74, 6) is -0.517. The van der Waals surface area contributed by atoms with Crippen LogP contribution < -0.4 is 10.6 Å². The molecule has 0 aliphatic rings. The maximum Gasteiger partial charge on any atom is 0.253 e. The molecule has 0 aliphatic carbocycles. The quantitative estimate of drug-likeness (QED) is 0.590. The summed E-state index contributed by atoms with van der Waals surface area (Å²) >= 11 is 0. The van der Waals surface area contributed by atoms with E-state index in [4.69, 9.17) is 4.74 Å². The van der Waals surface area contributed by atoms with Crippen LogP contribution in [0.1, 0.15) is 31.8 Å². The lowest BCUT2D eigenvalue weighted by Crippen LogP contribution is -2.51. The number of carbonyl (C=O) groups excluding carboxylic acids is 2. The number of aryl methyl sites for hydroxylation is 2. The van der Waals surface area contributed by atoms with Gasteiger partial charge in [-0.3, -0.25) is 9.59 Å². The summed E-state index contributed by atoms with van der Waals surface area (Å²) in [7, 11) is 3.22. The smallest absolute Gasteiger partial charge is 0.253 e. The third-order valence-corrected chi connectivity index (χ3v) is 3.98. The molecule has 5 nitrogen and oxygen atoms in total. The van der Waals surface area contributed by atoms with Gasteiger partial charge in [0.15, 0.2) is 0 Å². The van der Waals surface area contributed by atoms with Gasteiger partial charge < -0.3 is 15.4 Å². The number of benzene rings is 2. The number of carbonyl (C=O) groups is 2. The van der Waals surface area contributed by atoms with Crippen molar-refractivity contribution in [1.29, 1.82) is 0 Å². The lowest BCUT2D eigenvalue weighted by molar-refractivity contribution is 0.0791. The Hall–Kier alpha value is -2.44. The maximum atomic E-state index is 12.5. The molecule has 3 radical (unpaired) electrons. The fraction of sp³-hybridized carbons (Fsp3) is 0.263. The molecule has 2 aromatic carbocycles. The van der Waals surface area contributed by atoms with Gasteiger partial charge >= 0.3 is 0 Å². The van der Waals surface area contributed by atoms with Gasteiger partial charge in [-0.05, 0) is 37.1 Å². The third kappa shape index (κ3) is 5.27. The van der Waals surface area contributed by atoms with Crippen molar-refractivity contribution in [1.82, 2.24) is 10.6 Å². The first kappa shape index (κ1) is 18.9. The second kappa shape index (κ2) is 9.15. The second-order valence-corrected chi connectivity index (χ2v) is 5.93. The summed E-state index contributed by atoms with van der Waals surface area (Å²) in [4.78, 5) is 25.0. The van der Waals surface area contributed by atoms with Gasteiger partial charge in [0.1, 0.15) is 6.17 Å². The van der Waals surface area contributed by atoms with E-state index in [2.05, 4.69) is 20.9 Å². The first-order chi connectivity index (χ1) is 12.0. The number of hydrogen-bond donors (Lipinski definition) is 2. The van der Waals surface area contributed by atoms with E-state index >= 15 is 0 Å². The molecule has 129 valence electrons. The van der Waals surface area contributed by atoms with Crippen LogP contribution in [0.5, 0.6) is 0 Å². The average molecular weight is 353 g/mol. The van der Waals surface area contributed by atoms with Crippen LogP contribution in [0.2, 0.25) is 0 Å². The Morgan fingerprint density at radius 2 is 1.36 bits per heavy atom. The standard InChI is InChI=1S/C19H21N2O3Si/c1-13-7-3-5-9-15(13)18(22)20-17(11-24-12-25)21-19(23)16-10-6-4-8-14(16)2/h3-10,17H,11-12H2,1-2H3,(H,20,22)(H,21,23). The summed E-state index contributed by atoms with van der Waals surface area (Å²) in [5.41, 5.74) is 2.86. The van der Waals surface area contributed by atoms with E-state index in [-0.39, 0.29) is 18.4 Å². The van der Waals surface area contributed by atoms with E-state index in [9.17, 15) is 9.59 Å². The Kier molecular flexibility index (Phi) is 6.91. The zero-order valence-corrected chi connectivity index (χ0v) is 15.3. The highest BCUT2D eigenvalue weighted by Gasteiger charge is 2.18. The molecule has 6 heteroatoms. The van der Waals surface area contributed by atoms with E-state index in [1.54, 1.807) is 24.3 Å². The molecule has 0 fully saturated rings. The number of rotatable bonds is 7. The highest BCUT2D eigenvalue weighted by Crippen LogP contribution is 2.08. The predicted octanol–water partition coefficient (Wildman–Crippen LogP) is 1.93. The summed E-state index contributed by atoms with van der Waals surface area (Å²) in [6.07, 6.45) is -0.340. The van der Waals surface area contributed by atoms with E-state index in [1.807, 2.05) is 38.1 Å². The summed E-state index contributed by atoms with van der Waals surface area (Å²) in [5, 5.41) is 5.62. The minimum absolute atomic E-state index is 0.152. The van der Waals surface area contributed by atoms with E-state index < -0.39 is 6.17 Å². The minimum Gasteiger partial charge on any atom is -0.382 e. The molecule has 25 heavy (non-hydrogen) atoms. The van der Waals surface area contributed by atoms with Gasteiger partial charge in [0, 0.05) is 17.4 Å². The Bertz CT molecular complexity index is 689. The fourth-order valence-corrected chi connectivity index (χ4v) is 2.54. The zero-order valence-electron chi connectivity index (χ0n) is 14.3. The van der Waals surface area contributed by atoms with Crippen molar-refractivity contribution in [2.24, 2.45) is 0 Å². The van der Waals surface area contributed by atoms with Crippen LogP contribution in [-0.4, -0.2) is 41.1 Å². The number of nitrogens with one attached hydrogen (secondary N) is 2. The van der Waals surface area contributed by atoms with Crippen molar-refractivity contribution in [3.63, 3.8) is 0 Å². The molecule has 2 rings (SSSR count). The summed E-state index contributed by atoms with van der Waals surface area (Å²) in [6.45, 7) is 3.88. The molecule has 0 heterocycles. The van der Waals surface area contributed by atoms with Gasteiger partial charge in [0.05, 0.1) is 16.8 Å². The van der Waals surface area contributed by atoms with E-state index in [1.165, 1.54) is 0 Å². The van der Waals surface area contributed by atoms with Crippen molar-refractivity contribution in [2.75, 3.05) is 12.8 Å². The molecule has 0 aromatic heterocycles.